The highest BCUT2D eigenvalue weighted by atomic mass is 15.1. The van der Waals surface area contributed by atoms with Crippen LogP contribution < -0.4 is 4.90 Å². The van der Waals surface area contributed by atoms with Crippen molar-refractivity contribution < 1.29 is 0 Å². The smallest absolute Gasteiger partial charge is 0.0546 e. The van der Waals surface area contributed by atoms with Gasteiger partial charge in [-0.1, -0.05) is 146 Å². The molecule has 0 aliphatic carbocycles. The summed E-state index contributed by atoms with van der Waals surface area (Å²) in [4.78, 5) is 2.39. The van der Waals surface area contributed by atoms with E-state index in [1.165, 1.54) is 44.2 Å². The lowest BCUT2D eigenvalue weighted by Gasteiger charge is -2.29. The normalized spacial score (nSPS) is 10.9. The molecule has 0 radical (unpaired) electrons. The van der Waals surface area contributed by atoms with Gasteiger partial charge in [0.15, 0.2) is 0 Å². The van der Waals surface area contributed by atoms with Gasteiger partial charge < -0.3 is 4.90 Å². The summed E-state index contributed by atoms with van der Waals surface area (Å²) in [5, 5.41) is 2.50. The van der Waals surface area contributed by atoms with Crippen LogP contribution in [0.5, 0.6) is 0 Å². The van der Waals surface area contributed by atoms with E-state index in [0.29, 0.717) is 0 Å². The van der Waals surface area contributed by atoms with Crippen molar-refractivity contribution in [1.82, 2.24) is 0 Å². The van der Waals surface area contributed by atoms with Crippen LogP contribution >= 0.6 is 0 Å². The lowest BCUT2D eigenvalue weighted by atomic mass is 9.94. The quantitative estimate of drug-likeness (QED) is 0.209. The number of fused-ring (bicyclic) bond motifs is 1. The SMILES string of the molecule is c1ccc(-c2cccc(N(c3ccccc3)c3cc(-c4cccc5ccccc45)ccc3-c3ccccc3)c2)cc1. The van der Waals surface area contributed by atoms with Crippen molar-refractivity contribution in [1.29, 1.82) is 0 Å². The molecule has 1 nitrogen and oxygen atoms in total. The second-order valence-electron chi connectivity index (χ2n) is 10.2. The van der Waals surface area contributed by atoms with Gasteiger partial charge in [0.05, 0.1) is 5.69 Å². The fourth-order valence-corrected chi connectivity index (χ4v) is 5.68. The number of para-hydroxylation sites is 1. The standard InChI is InChI=1S/C40H29N/c1-4-14-30(15-5-1)33-20-12-23-36(28-33)41(35-21-8-3-9-22-35)40-29-34(26-27-39(40)32-16-6-2-7-17-32)38-25-13-19-31-18-10-11-24-37(31)38/h1-29H. The van der Waals surface area contributed by atoms with Crippen LogP contribution in [-0.4, -0.2) is 0 Å². The number of rotatable bonds is 6. The number of hydrogen-bond donors (Lipinski definition) is 0. The Bertz CT molecular complexity index is 1920. The van der Waals surface area contributed by atoms with E-state index in [2.05, 4.69) is 181 Å². The Labute approximate surface area is 241 Å². The van der Waals surface area contributed by atoms with Crippen LogP contribution in [0.15, 0.2) is 176 Å². The molecule has 0 bridgehead atoms. The third-order valence-corrected chi connectivity index (χ3v) is 7.65. The lowest BCUT2D eigenvalue weighted by Crippen LogP contribution is -2.11. The molecule has 194 valence electrons. The van der Waals surface area contributed by atoms with E-state index < -0.39 is 0 Å². The second-order valence-corrected chi connectivity index (χ2v) is 10.2. The fourth-order valence-electron chi connectivity index (χ4n) is 5.68. The molecule has 0 unspecified atom stereocenters. The minimum absolute atomic E-state index is 1.12. The van der Waals surface area contributed by atoms with Gasteiger partial charge >= 0.3 is 0 Å². The Morgan fingerprint density at radius 2 is 0.902 bits per heavy atom. The van der Waals surface area contributed by atoms with Gasteiger partial charge in [0.2, 0.25) is 0 Å². The Morgan fingerprint density at radius 1 is 0.317 bits per heavy atom. The van der Waals surface area contributed by atoms with E-state index in [1.54, 1.807) is 0 Å². The summed E-state index contributed by atoms with van der Waals surface area (Å²) < 4.78 is 0. The number of benzene rings is 7. The van der Waals surface area contributed by atoms with Gasteiger partial charge in [0.25, 0.3) is 0 Å². The predicted octanol–water partition coefficient (Wildman–Crippen LogP) is 11.3. The van der Waals surface area contributed by atoms with E-state index >= 15 is 0 Å². The summed E-state index contributed by atoms with van der Waals surface area (Å²) >= 11 is 0. The Morgan fingerprint density at radius 3 is 1.68 bits per heavy atom. The molecule has 0 aromatic heterocycles. The van der Waals surface area contributed by atoms with Gasteiger partial charge in [-0.25, -0.2) is 0 Å². The van der Waals surface area contributed by atoms with Gasteiger partial charge in [0.1, 0.15) is 0 Å². The van der Waals surface area contributed by atoms with Gasteiger partial charge in [-0.2, -0.15) is 0 Å². The third-order valence-electron chi connectivity index (χ3n) is 7.65. The zero-order valence-electron chi connectivity index (χ0n) is 22.7. The largest absolute Gasteiger partial charge is 0.310 e. The molecule has 1 heteroatoms. The van der Waals surface area contributed by atoms with Crippen molar-refractivity contribution >= 4 is 27.8 Å². The number of nitrogens with zero attached hydrogens (tertiary/aromatic N) is 1. The summed E-state index contributed by atoms with van der Waals surface area (Å²) in [6.45, 7) is 0. The molecule has 0 atom stereocenters. The average molecular weight is 524 g/mol. The Kier molecular flexibility index (Phi) is 6.61. The van der Waals surface area contributed by atoms with Gasteiger partial charge in [0, 0.05) is 16.9 Å². The van der Waals surface area contributed by atoms with Crippen molar-refractivity contribution in [3.05, 3.63) is 176 Å². The van der Waals surface area contributed by atoms with Crippen LogP contribution in [0.25, 0.3) is 44.2 Å². The van der Waals surface area contributed by atoms with Crippen LogP contribution in [0, 0.1) is 0 Å². The zero-order chi connectivity index (χ0) is 27.4. The summed E-state index contributed by atoms with van der Waals surface area (Å²) in [6.07, 6.45) is 0. The van der Waals surface area contributed by atoms with Gasteiger partial charge in [-0.05, 0) is 68.9 Å². The predicted molar refractivity (Wildman–Crippen MR) is 175 cm³/mol. The summed E-state index contributed by atoms with van der Waals surface area (Å²) in [6, 6.07) is 62.9. The summed E-state index contributed by atoms with van der Waals surface area (Å²) in [5.41, 5.74) is 10.6. The van der Waals surface area contributed by atoms with Gasteiger partial charge in [-0.15, -0.1) is 0 Å². The maximum atomic E-state index is 2.39. The van der Waals surface area contributed by atoms with E-state index in [4.69, 9.17) is 0 Å². The molecular formula is C40H29N. The first-order valence-corrected chi connectivity index (χ1v) is 14.0. The minimum atomic E-state index is 1.12. The fraction of sp³-hybridized carbons (Fsp3) is 0. The molecular weight excluding hydrogens is 494 g/mol. The molecule has 7 aromatic carbocycles. The van der Waals surface area contributed by atoms with E-state index in [9.17, 15) is 0 Å². The first-order chi connectivity index (χ1) is 20.3. The van der Waals surface area contributed by atoms with Crippen molar-refractivity contribution in [2.45, 2.75) is 0 Å². The van der Waals surface area contributed by atoms with Crippen molar-refractivity contribution in [3.63, 3.8) is 0 Å². The maximum absolute atomic E-state index is 2.39. The highest BCUT2D eigenvalue weighted by Gasteiger charge is 2.19. The van der Waals surface area contributed by atoms with Crippen LogP contribution in [-0.2, 0) is 0 Å². The molecule has 0 N–H and O–H groups in total. The van der Waals surface area contributed by atoms with E-state index in [-0.39, 0.29) is 0 Å². The Hall–Kier alpha value is -5.40. The number of hydrogen-bond acceptors (Lipinski definition) is 1. The van der Waals surface area contributed by atoms with E-state index in [1.807, 2.05) is 0 Å². The minimum Gasteiger partial charge on any atom is -0.310 e. The number of anilines is 3. The first-order valence-electron chi connectivity index (χ1n) is 14.0. The molecule has 7 rings (SSSR count). The van der Waals surface area contributed by atoms with Crippen LogP contribution in [0.4, 0.5) is 17.1 Å². The van der Waals surface area contributed by atoms with Crippen LogP contribution in [0.2, 0.25) is 0 Å². The highest BCUT2D eigenvalue weighted by Crippen LogP contribution is 2.44. The van der Waals surface area contributed by atoms with Gasteiger partial charge in [-0.3, -0.25) is 0 Å². The highest BCUT2D eigenvalue weighted by molar-refractivity contribution is 5.99. The molecule has 41 heavy (non-hydrogen) atoms. The molecule has 0 heterocycles. The van der Waals surface area contributed by atoms with Crippen LogP contribution in [0.3, 0.4) is 0 Å². The van der Waals surface area contributed by atoms with E-state index in [0.717, 1.165) is 17.1 Å². The summed E-state index contributed by atoms with van der Waals surface area (Å²) in [5.74, 6) is 0. The molecule has 0 saturated carbocycles. The first kappa shape index (κ1) is 24.6. The maximum Gasteiger partial charge on any atom is 0.0546 e. The zero-order valence-corrected chi connectivity index (χ0v) is 22.7. The second kappa shape index (κ2) is 11.0. The topological polar surface area (TPSA) is 3.24 Å². The molecule has 0 spiro atoms. The van der Waals surface area contributed by atoms with Crippen LogP contribution in [0.1, 0.15) is 0 Å². The summed E-state index contributed by atoms with van der Waals surface area (Å²) in [7, 11) is 0. The average Bonchev–Trinajstić information content (AvgIpc) is 3.06. The Balaban J connectivity index is 1.49. The van der Waals surface area contributed by atoms with Crippen molar-refractivity contribution in [3.8, 4) is 33.4 Å². The molecule has 7 aromatic rings. The molecule has 0 fully saturated rings. The molecule has 0 amide bonds. The van der Waals surface area contributed by atoms with Crippen molar-refractivity contribution in [2.75, 3.05) is 4.90 Å². The molecule has 0 aliphatic heterocycles. The monoisotopic (exact) mass is 523 g/mol. The van der Waals surface area contributed by atoms with Crippen molar-refractivity contribution in [2.24, 2.45) is 0 Å². The molecule has 0 saturated heterocycles. The lowest BCUT2D eigenvalue weighted by molar-refractivity contribution is 1.28. The molecule has 0 aliphatic rings. The third kappa shape index (κ3) is 4.90.